The van der Waals surface area contributed by atoms with Crippen LogP contribution in [-0.4, -0.2) is 75.1 Å². The van der Waals surface area contributed by atoms with E-state index in [9.17, 15) is 4.39 Å². The number of piperazine rings is 1. The monoisotopic (exact) mass is 482 g/mol. The van der Waals surface area contributed by atoms with Crippen LogP contribution in [0.15, 0.2) is 42.7 Å². The maximum atomic E-state index is 14.8. The van der Waals surface area contributed by atoms with Gasteiger partial charge in [0, 0.05) is 61.5 Å². The van der Waals surface area contributed by atoms with Gasteiger partial charge in [-0.25, -0.2) is 19.3 Å². The van der Waals surface area contributed by atoms with E-state index in [1.807, 2.05) is 30.5 Å². The summed E-state index contributed by atoms with van der Waals surface area (Å²) < 4.78 is 16.2. The summed E-state index contributed by atoms with van der Waals surface area (Å²) in [5.74, 6) is 0.833. The minimum atomic E-state index is -0.487. The molecule has 1 saturated carbocycles. The normalized spacial score (nSPS) is 17.1. The highest BCUT2D eigenvalue weighted by Crippen LogP contribution is 2.43. The van der Waals surface area contributed by atoms with Gasteiger partial charge in [0.25, 0.3) is 7.98 Å². The Morgan fingerprint density at radius 3 is 2.56 bits per heavy atom. The number of hydrogen-bond donors (Lipinski definition) is 1. The Morgan fingerprint density at radius 2 is 1.83 bits per heavy atom. The van der Waals surface area contributed by atoms with E-state index in [-0.39, 0.29) is 5.69 Å². The zero-order valence-electron chi connectivity index (χ0n) is 20.4. The maximum absolute atomic E-state index is 14.8. The van der Waals surface area contributed by atoms with E-state index < -0.39 is 5.82 Å². The second-order valence-corrected chi connectivity index (χ2v) is 9.61. The van der Waals surface area contributed by atoms with E-state index in [1.165, 1.54) is 10.8 Å². The number of aromatic nitrogens is 5. The van der Waals surface area contributed by atoms with Gasteiger partial charge >= 0.3 is 0 Å². The first kappa shape index (κ1) is 23.1. The standard InChI is InChI=1S/C26H28BFN8/c1-2-34-9-11-35(12-10-34)16-17-3-8-23(29-14-17)31-26-30-15-21(28)24(32-26)19-6-7-22-20(13-19)25(18-4-5-18)36(27)33-22/h3,6-8,13-15,18H,2,4-5,9-12,16H2,1H3,(H,29,30,31,32). The van der Waals surface area contributed by atoms with Gasteiger partial charge in [0.15, 0.2) is 5.82 Å². The van der Waals surface area contributed by atoms with Crippen molar-refractivity contribution >= 4 is 30.7 Å². The van der Waals surface area contributed by atoms with Crippen molar-refractivity contribution in [3.63, 3.8) is 0 Å². The molecule has 0 bridgehead atoms. The number of fused-ring (bicyclic) bond motifs is 1. The molecule has 0 spiro atoms. The minimum Gasteiger partial charge on any atom is -0.326 e. The Balaban J connectivity index is 1.18. The fraction of sp³-hybridized carbons (Fsp3) is 0.385. The second kappa shape index (κ2) is 9.59. The van der Waals surface area contributed by atoms with Crippen LogP contribution in [0.4, 0.5) is 16.2 Å². The van der Waals surface area contributed by atoms with Gasteiger partial charge in [0.1, 0.15) is 11.5 Å². The maximum Gasteiger partial charge on any atom is 0.264 e. The molecule has 0 atom stereocenters. The number of benzene rings is 1. The Kier molecular flexibility index (Phi) is 6.14. The van der Waals surface area contributed by atoms with Gasteiger partial charge in [0.2, 0.25) is 5.95 Å². The van der Waals surface area contributed by atoms with Gasteiger partial charge in [-0.15, -0.1) is 0 Å². The quantitative estimate of drug-likeness (QED) is 0.403. The summed E-state index contributed by atoms with van der Waals surface area (Å²) >= 11 is 0. The molecule has 2 aliphatic rings. The largest absolute Gasteiger partial charge is 0.326 e. The lowest BCUT2D eigenvalue weighted by molar-refractivity contribution is 0.132. The van der Waals surface area contributed by atoms with Crippen molar-refractivity contribution in [2.24, 2.45) is 0 Å². The van der Waals surface area contributed by atoms with E-state index in [4.69, 9.17) is 7.98 Å². The average molecular weight is 482 g/mol. The topological polar surface area (TPSA) is 75.0 Å². The highest BCUT2D eigenvalue weighted by Gasteiger charge is 2.29. The molecular formula is C26H28BFN8. The third kappa shape index (κ3) is 4.70. The molecule has 10 heteroatoms. The molecule has 3 aromatic heterocycles. The lowest BCUT2D eigenvalue weighted by Crippen LogP contribution is -2.45. The van der Waals surface area contributed by atoms with E-state index in [1.54, 1.807) is 0 Å². The summed E-state index contributed by atoms with van der Waals surface area (Å²) in [4.78, 5) is 18.0. The molecule has 1 N–H and O–H groups in total. The van der Waals surface area contributed by atoms with Crippen molar-refractivity contribution in [1.29, 1.82) is 0 Å². The van der Waals surface area contributed by atoms with Crippen LogP contribution in [0.25, 0.3) is 22.2 Å². The predicted molar refractivity (Wildman–Crippen MR) is 139 cm³/mol. The molecule has 0 unspecified atom stereocenters. The zero-order valence-corrected chi connectivity index (χ0v) is 20.4. The van der Waals surface area contributed by atoms with Crippen molar-refractivity contribution in [1.82, 2.24) is 34.4 Å². The molecule has 8 nitrogen and oxygen atoms in total. The Labute approximate surface area is 211 Å². The van der Waals surface area contributed by atoms with E-state index in [2.05, 4.69) is 48.2 Å². The highest BCUT2D eigenvalue weighted by atomic mass is 19.1. The first-order valence-corrected chi connectivity index (χ1v) is 12.5. The average Bonchev–Trinajstić information content (AvgIpc) is 3.68. The summed E-state index contributed by atoms with van der Waals surface area (Å²) in [6.45, 7) is 8.55. The first-order valence-electron chi connectivity index (χ1n) is 12.5. The van der Waals surface area contributed by atoms with Crippen LogP contribution >= 0.6 is 0 Å². The number of pyridine rings is 1. The van der Waals surface area contributed by atoms with Gasteiger partial charge in [-0.1, -0.05) is 19.1 Å². The predicted octanol–water partition coefficient (Wildman–Crippen LogP) is 3.72. The smallest absolute Gasteiger partial charge is 0.264 e. The molecule has 1 saturated heterocycles. The summed E-state index contributed by atoms with van der Waals surface area (Å²) in [5, 5.41) is 8.45. The van der Waals surface area contributed by atoms with Crippen molar-refractivity contribution in [3.05, 3.63) is 59.8 Å². The summed E-state index contributed by atoms with van der Waals surface area (Å²) in [5.41, 5.74) is 3.84. The molecule has 36 heavy (non-hydrogen) atoms. The number of halogens is 1. The van der Waals surface area contributed by atoms with Gasteiger partial charge in [0.05, 0.1) is 11.7 Å². The summed E-state index contributed by atoms with van der Waals surface area (Å²) in [7, 11) is 6.08. The van der Waals surface area contributed by atoms with Crippen molar-refractivity contribution in [2.75, 3.05) is 38.0 Å². The Morgan fingerprint density at radius 1 is 1.03 bits per heavy atom. The molecule has 0 amide bonds. The first-order chi connectivity index (χ1) is 17.6. The molecule has 1 aliphatic carbocycles. The lowest BCUT2D eigenvalue weighted by atomic mass is 10.1. The van der Waals surface area contributed by atoms with E-state index in [0.29, 0.717) is 23.2 Å². The van der Waals surface area contributed by atoms with Crippen LogP contribution in [0.3, 0.4) is 0 Å². The zero-order chi connectivity index (χ0) is 24.6. The van der Waals surface area contributed by atoms with Crippen molar-refractivity contribution in [3.8, 4) is 11.3 Å². The molecule has 2 fully saturated rings. The molecule has 1 aromatic carbocycles. The Bertz CT molecular complexity index is 1380. The fourth-order valence-electron chi connectivity index (χ4n) is 4.89. The number of nitrogens with zero attached hydrogens (tertiary/aromatic N) is 7. The van der Waals surface area contributed by atoms with Gasteiger partial charge < -0.3 is 14.8 Å². The van der Waals surface area contributed by atoms with Crippen LogP contribution in [0.2, 0.25) is 0 Å². The molecule has 182 valence electrons. The molecule has 4 heterocycles. The molecular weight excluding hydrogens is 454 g/mol. The third-order valence-electron chi connectivity index (χ3n) is 7.10. The molecule has 1 aliphatic heterocycles. The van der Waals surface area contributed by atoms with Crippen LogP contribution in [0.5, 0.6) is 0 Å². The molecule has 6 rings (SSSR count). The second-order valence-electron chi connectivity index (χ2n) is 9.61. The third-order valence-corrected chi connectivity index (χ3v) is 7.10. The molecule has 2 radical (unpaired) electrons. The minimum absolute atomic E-state index is 0.226. The Hall–Kier alpha value is -3.37. The van der Waals surface area contributed by atoms with Crippen molar-refractivity contribution in [2.45, 2.75) is 32.2 Å². The summed E-state index contributed by atoms with van der Waals surface area (Å²) in [6, 6.07) is 9.56. The number of likely N-dealkylation sites (N-methyl/N-ethyl adjacent to an activating group) is 1. The van der Waals surface area contributed by atoms with Gasteiger partial charge in [-0.05, 0) is 43.1 Å². The number of nitrogens with one attached hydrogen (secondary N) is 1. The van der Waals surface area contributed by atoms with Crippen LogP contribution in [0.1, 0.15) is 36.9 Å². The van der Waals surface area contributed by atoms with Crippen LogP contribution < -0.4 is 5.32 Å². The van der Waals surface area contributed by atoms with Crippen molar-refractivity contribution < 1.29 is 4.39 Å². The van der Waals surface area contributed by atoms with Gasteiger partial charge in [-0.3, -0.25) is 4.90 Å². The highest BCUT2D eigenvalue weighted by molar-refractivity contribution is 6.08. The van der Waals surface area contributed by atoms with Gasteiger partial charge in [-0.2, -0.15) is 5.10 Å². The number of anilines is 2. The van der Waals surface area contributed by atoms with Crippen LogP contribution in [-0.2, 0) is 6.54 Å². The SMILES string of the molecule is [B]n1nc2ccc(-c3nc(Nc4ccc(CN5CCN(CC)CC5)cn4)ncc3F)cc2c1C1CC1. The van der Waals surface area contributed by atoms with E-state index in [0.717, 1.165) is 74.3 Å². The summed E-state index contributed by atoms with van der Waals surface area (Å²) in [6.07, 6.45) is 5.25. The fourth-order valence-corrected chi connectivity index (χ4v) is 4.89. The lowest BCUT2D eigenvalue weighted by Gasteiger charge is -2.33. The van der Waals surface area contributed by atoms with E-state index >= 15 is 0 Å². The molecule has 4 aromatic rings. The number of hydrogen-bond acceptors (Lipinski definition) is 7. The number of rotatable bonds is 7. The van der Waals surface area contributed by atoms with Crippen LogP contribution in [0, 0.1) is 5.82 Å².